The van der Waals surface area contributed by atoms with Gasteiger partial charge in [0.15, 0.2) is 0 Å². The lowest BCUT2D eigenvalue weighted by molar-refractivity contribution is 0.587. The first-order valence-electron chi connectivity index (χ1n) is 3.88. The molecule has 1 N–H and O–H groups in total. The minimum Gasteiger partial charge on any atom is -0.213 e. The third-order valence-corrected chi connectivity index (χ3v) is 3.64. The van der Waals surface area contributed by atoms with Gasteiger partial charge in [-0.2, -0.15) is 0 Å². The summed E-state index contributed by atoms with van der Waals surface area (Å²) in [6, 6.07) is 0. The molecule has 0 fully saturated rings. The molecule has 1 aromatic heterocycles. The van der Waals surface area contributed by atoms with Gasteiger partial charge >= 0.3 is 0 Å². The molecule has 0 aliphatic carbocycles. The van der Waals surface area contributed by atoms with E-state index in [0.29, 0.717) is 6.54 Å². The van der Waals surface area contributed by atoms with Gasteiger partial charge in [0.05, 0.1) is 6.26 Å². The molecule has 0 bridgehead atoms. The fraction of sp³-hybridized carbons (Fsp3) is 0.500. The van der Waals surface area contributed by atoms with Gasteiger partial charge in [-0.3, -0.25) is 0 Å². The molecule has 1 rings (SSSR count). The molecule has 0 aromatic carbocycles. The van der Waals surface area contributed by atoms with Crippen LogP contribution in [0.5, 0.6) is 0 Å². The predicted octanol–water partition coefficient (Wildman–Crippen LogP) is 1.41. The number of hydrogen-bond acceptors (Lipinski definition) is 3. The number of nitrogens with one attached hydrogen (secondary N) is 1. The smallest absolute Gasteiger partial charge is 0.209 e. The van der Waals surface area contributed by atoms with E-state index in [1.54, 1.807) is 11.3 Å². The summed E-state index contributed by atoms with van der Waals surface area (Å²) in [4.78, 5) is 1.24. The van der Waals surface area contributed by atoms with Crippen molar-refractivity contribution in [2.75, 3.05) is 6.26 Å². The molecule has 0 unspecified atom stereocenters. The Hall–Kier alpha value is -0.390. The Morgan fingerprint density at radius 2 is 2.08 bits per heavy atom. The van der Waals surface area contributed by atoms with E-state index in [1.807, 2.05) is 19.2 Å². The summed E-state index contributed by atoms with van der Waals surface area (Å²) in [7, 11) is -3.08. The molecule has 0 saturated carbocycles. The van der Waals surface area contributed by atoms with E-state index in [4.69, 9.17) is 0 Å². The quantitative estimate of drug-likeness (QED) is 0.835. The Morgan fingerprint density at radius 3 is 2.46 bits per heavy atom. The highest BCUT2D eigenvalue weighted by Crippen LogP contribution is 2.20. The third-order valence-electron chi connectivity index (χ3n) is 1.91. The monoisotopic (exact) mass is 219 g/mol. The summed E-state index contributed by atoms with van der Waals surface area (Å²) >= 11 is 1.65. The van der Waals surface area contributed by atoms with E-state index in [9.17, 15) is 8.42 Å². The van der Waals surface area contributed by atoms with Crippen molar-refractivity contribution >= 4 is 21.4 Å². The molecule has 0 aliphatic heterocycles. The van der Waals surface area contributed by atoms with Crippen molar-refractivity contribution in [3.8, 4) is 0 Å². The van der Waals surface area contributed by atoms with Crippen LogP contribution in [-0.4, -0.2) is 14.7 Å². The Kier molecular flexibility index (Phi) is 3.10. The van der Waals surface area contributed by atoms with Crippen LogP contribution in [0.15, 0.2) is 5.38 Å². The second-order valence-electron chi connectivity index (χ2n) is 3.04. The molecule has 0 aliphatic rings. The van der Waals surface area contributed by atoms with Crippen LogP contribution in [0, 0.1) is 13.8 Å². The van der Waals surface area contributed by atoms with Crippen LogP contribution in [0.2, 0.25) is 0 Å². The fourth-order valence-corrected chi connectivity index (χ4v) is 2.25. The highest BCUT2D eigenvalue weighted by Gasteiger charge is 2.06. The Labute approximate surface area is 82.8 Å². The van der Waals surface area contributed by atoms with Gasteiger partial charge in [0.25, 0.3) is 0 Å². The molecule has 74 valence electrons. The molecule has 0 spiro atoms. The van der Waals surface area contributed by atoms with Gasteiger partial charge in [0.1, 0.15) is 0 Å². The second kappa shape index (κ2) is 3.77. The molecule has 5 heteroatoms. The average molecular weight is 219 g/mol. The van der Waals surface area contributed by atoms with Crippen molar-refractivity contribution in [1.82, 2.24) is 4.72 Å². The molecular weight excluding hydrogens is 206 g/mol. The zero-order chi connectivity index (χ0) is 10.1. The highest BCUT2D eigenvalue weighted by atomic mass is 32.2. The molecule has 0 amide bonds. The minimum atomic E-state index is -3.08. The number of thiophene rings is 1. The number of hydrogen-bond donors (Lipinski definition) is 1. The SMILES string of the molecule is Cc1scc(CNS(C)(=O)=O)c1C. The van der Waals surface area contributed by atoms with Gasteiger partial charge in [-0.25, -0.2) is 13.1 Å². The zero-order valence-electron chi connectivity index (χ0n) is 7.92. The van der Waals surface area contributed by atoms with Crippen LogP contribution in [0.3, 0.4) is 0 Å². The summed E-state index contributed by atoms with van der Waals surface area (Å²) in [6.07, 6.45) is 1.17. The first kappa shape index (κ1) is 10.7. The van der Waals surface area contributed by atoms with Crippen LogP contribution in [-0.2, 0) is 16.6 Å². The number of aryl methyl sites for hydroxylation is 1. The largest absolute Gasteiger partial charge is 0.213 e. The maximum Gasteiger partial charge on any atom is 0.209 e. The van der Waals surface area contributed by atoms with Crippen molar-refractivity contribution in [1.29, 1.82) is 0 Å². The van der Waals surface area contributed by atoms with E-state index < -0.39 is 10.0 Å². The third kappa shape index (κ3) is 3.10. The van der Waals surface area contributed by atoms with Crippen LogP contribution in [0.1, 0.15) is 16.0 Å². The van der Waals surface area contributed by atoms with Gasteiger partial charge in [0, 0.05) is 11.4 Å². The molecule has 0 atom stereocenters. The Balaban J connectivity index is 2.71. The highest BCUT2D eigenvalue weighted by molar-refractivity contribution is 7.88. The number of rotatable bonds is 3. The maximum atomic E-state index is 10.8. The summed E-state index contributed by atoms with van der Waals surface area (Å²) in [5.74, 6) is 0. The summed E-state index contributed by atoms with van der Waals surface area (Å²) in [6.45, 7) is 4.43. The van der Waals surface area contributed by atoms with Crippen molar-refractivity contribution in [3.05, 3.63) is 21.4 Å². The van der Waals surface area contributed by atoms with Crippen LogP contribution < -0.4 is 4.72 Å². The van der Waals surface area contributed by atoms with Gasteiger partial charge < -0.3 is 0 Å². The number of sulfonamides is 1. The van der Waals surface area contributed by atoms with E-state index in [-0.39, 0.29) is 0 Å². The van der Waals surface area contributed by atoms with E-state index >= 15 is 0 Å². The molecule has 1 aromatic rings. The van der Waals surface area contributed by atoms with Gasteiger partial charge in [-0.1, -0.05) is 0 Å². The lowest BCUT2D eigenvalue weighted by Gasteiger charge is -2.01. The van der Waals surface area contributed by atoms with Crippen molar-refractivity contribution in [3.63, 3.8) is 0 Å². The first-order chi connectivity index (χ1) is 5.90. The zero-order valence-corrected chi connectivity index (χ0v) is 9.55. The van der Waals surface area contributed by atoms with E-state index in [0.717, 1.165) is 5.56 Å². The van der Waals surface area contributed by atoms with Crippen molar-refractivity contribution in [2.45, 2.75) is 20.4 Å². The Morgan fingerprint density at radius 1 is 1.46 bits per heavy atom. The van der Waals surface area contributed by atoms with Crippen molar-refractivity contribution in [2.24, 2.45) is 0 Å². The summed E-state index contributed by atoms with van der Waals surface area (Å²) < 4.78 is 24.1. The summed E-state index contributed by atoms with van der Waals surface area (Å²) in [5.41, 5.74) is 2.24. The van der Waals surface area contributed by atoms with Crippen LogP contribution >= 0.6 is 11.3 Å². The molecule has 1 heterocycles. The minimum absolute atomic E-state index is 0.398. The maximum absolute atomic E-state index is 10.8. The standard InChI is InChI=1S/C8H13NO2S2/c1-6-7(2)12-5-8(6)4-9-13(3,10)11/h5,9H,4H2,1-3H3. The Bertz CT molecular complexity index is 392. The molecular formula is C8H13NO2S2. The average Bonchev–Trinajstić information content (AvgIpc) is 2.29. The fourth-order valence-electron chi connectivity index (χ4n) is 0.945. The second-order valence-corrected chi connectivity index (χ2v) is 5.95. The van der Waals surface area contributed by atoms with Crippen molar-refractivity contribution < 1.29 is 8.42 Å². The first-order valence-corrected chi connectivity index (χ1v) is 6.65. The van der Waals surface area contributed by atoms with E-state index in [2.05, 4.69) is 4.72 Å². The van der Waals surface area contributed by atoms with Gasteiger partial charge in [-0.05, 0) is 30.4 Å². The van der Waals surface area contributed by atoms with Gasteiger partial charge in [0.2, 0.25) is 10.0 Å². The molecule has 0 saturated heterocycles. The molecule has 3 nitrogen and oxygen atoms in total. The van der Waals surface area contributed by atoms with Gasteiger partial charge in [-0.15, -0.1) is 11.3 Å². The topological polar surface area (TPSA) is 46.2 Å². The predicted molar refractivity (Wildman–Crippen MR) is 55.5 cm³/mol. The molecule has 13 heavy (non-hydrogen) atoms. The summed E-state index contributed by atoms with van der Waals surface area (Å²) in [5, 5.41) is 1.99. The normalized spacial score (nSPS) is 11.9. The molecule has 0 radical (unpaired) electrons. The van der Waals surface area contributed by atoms with E-state index in [1.165, 1.54) is 16.7 Å². The van der Waals surface area contributed by atoms with Crippen LogP contribution in [0.25, 0.3) is 0 Å². The lowest BCUT2D eigenvalue weighted by Crippen LogP contribution is -2.21. The van der Waals surface area contributed by atoms with Crippen LogP contribution in [0.4, 0.5) is 0 Å². The lowest BCUT2D eigenvalue weighted by atomic mass is 10.2.